The number of carbonyl (C=O) groups is 1. The van der Waals surface area contributed by atoms with E-state index in [0.29, 0.717) is 35.7 Å². The third kappa shape index (κ3) is 2.50. The molecule has 19 heavy (non-hydrogen) atoms. The number of benzene rings is 1. The van der Waals surface area contributed by atoms with Gasteiger partial charge in [-0.05, 0) is 24.8 Å². The third-order valence-electron chi connectivity index (χ3n) is 3.66. The van der Waals surface area contributed by atoms with Crippen molar-refractivity contribution >= 4 is 17.6 Å². The fraction of sp³-hybridized carbons (Fsp3) is 0.500. The molecular formula is C14H15ClO4. The molecule has 102 valence electrons. The fourth-order valence-corrected chi connectivity index (χ4v) is 2.84. The molecule has 1 N–H and O–H groups in total. The number of carboxylic acid groups (broad SMARTS) is 1. The van der Waals surface area contributed by atoms with Gasteiger partial charge in [0.1, 0.15) is 13.2 Å². The molecule has 1 atom stereocenters. The molecule has 1 aliphatic carbocycles. The molecule has 1 aromatic carbocycles. The summed E-state index contributed by atoms with van der Waals surface area (Å²) in [6.07, 6.45) is 2.29. The maximum absolute atomic E-state index is 11.1. The first-order chi connectivity index (χ1) is 9.16. The largest absolute Gasteiger partial charge is 0.486 e. The Labute approximate surface area is 116 Å². The molecule has 2 aliphatic rings. The van der Waals surface area contributed by atoms with Crippen molar-refractivity contribution < 1.29 is 19.4 Å². The van der Waals surface area contributed by atoms with Gasteiger partial charge in [-0.2, -0.15) is 0 Å². The lowest BCUT2D eigenvalue weighted by Gasteiger charge is -2.25. The minimum atomic E-state index is -0.780. The Morgan fingerprint density at radius 1 is 1.32 bits per heavy atom. The Bertz CT molecular complexity index is 510. The highest BCUT2D eigenvalue weighted by Gasteiger charge is 2.37. The number of aliphatic carboxylic acids is 1. The molecular weight excluding hydrogens is 268 g/mol. The summed E-state index contributed by atoms with van der Waals surface area (Å²) in [5, 5.41) is 9.60. The quantitative estimate of drug-likeness (QED) is 0.922. The van der Waals surface area contributed by atoms with Crippen LogP contribution in [0.2, 0.25) is 5.02 Å². The summed E-state index contributed by atoms with van der Waals surface area (Å²) in [5.74, 6) is 0.841. The van der Waals surface area contributed by atoms with Gasteiger partial charge in [0.2, 0.25) is 0 Å². The van der Waals surface area contributed by atoms with E-state index in [2.05, 4.69) is 0 Å². The van der Waals surface area contributed by atoms with E-state index in [9.17, 15) is 4.79 Å². The van der Waals surface area contributed by atoms with Crippen molar-refractivity contribution in [1.82, 2.24) is 0 Å². The molecule has 4 nitrogen and oxygen atoms in total. The van der Waals surface area contributed by atoms with E-state index in [-0.39, 0.29) is 12.3 Å². The van der Waals surface area contributed by atoms with Crippen molar-refractivity contribution in [3.8, 4) is 11.5 Å². The predicted molar refractivity (Wildman–Crippen MR) is 70.2 cm³/mol. The first kappa shape index (κ1) is 12.6. The lowest BCUT2D eigenvalue weighted by atomic mass is 9.90. The van der Waals surface area contributed by atoms with Crippen molar-refractivity contribution in [3.63, 3.8) is 0 Å². The molecule has 1 heterocycles. The van der Waals surface area contributed by atoms with Gasteiger partial charge in [0.05, 0.1) is 11.4 Å². The van der Waals surface area contributed by atoms with Crippen molar-refractivity contribution in [2.24, 2.45) is 5.92 Å². The first-order valence-electron chi connectivity index (χ1n) is 6.46. The van der Waals surface area contributed by atoms with E-state index < -0.39 is 5.97 Å². The van der Waals surface area contributed by atoms with Crippen molar-refractivity contribution in [2.75, 3.05) is 13.2 Å². The van der Waals surface area contributed by atoms with E-state index in [1.54, 1.807) is 6.07 Å². The maximum atomic E-state index is 11.1. The molecule has 1 aliphatic heterocycles. The van der Waals surface area contributed by atoms with E-state index in [0.717, 1.165) is 18.4 Å². The standard InChI is InChI=1S/C14H15ClO4/c15-11-4-3-9(13-14(11)19-6-5-18-13)10(7-12(16)17)8-1-2-8/h3-4,8,10H,1-2,5-7H2,(H,16,17). The van der Waals surface area contributed by atoms with E-state index >= 15 is 0 Å². The fourth-order valence-electron chi connectivity index (χ4n) is 2.63. The summed E-state index contributed by atoms with van der Waals surface area (Å²) in [7, 11) is 0. The maximum Gasteiger partial charge on any atom is 0.303 e. The summed E-state index contributed by atoms with van der Waals surface area (Å²) in [6.45, 7) is 0.952. The van der Waals surface area contributed by atoms with Crippen LogP contribution in [0.3, 0.4) is 0 Å². The van der Waals surface area contributed by atoms with Gasteiger partial charge in [0.25, 0.3) is 0 Å². The van der Waals surface area contributed by atoms with Crippen LogP contribution in [0.5, 0.6) is 11.5 Å². The van der Waals surface area contributed by atoms with Crippen molar-refractivity contribution in [3.05, 3.63) is 22.7 Å². The zero-order valence-corrected chi connectivity index (χ0v) is 11.2. The number of hydrogen-bond donors (Lipinski definition) is 1. The van der Waals surface area contributed by atoms with Crippen molar-refractivity contribution in [2.45, 2.75) is 25.2 Å². The second kappa shape index (κ2) is 4.93. The lowest BCUT2D eigenvalue weighted by Crippen LogP contribution is -2.19. The normalized spacial score (nSPS) is 19.0. The predicted octanol–water partition coefficient (Wildman–Crippen LogP) is 3.08. The zero-order valence-electron chi connectivity index (χ0n) is 10.4. The SMILES string of the molecule is O=C(O)CC(c1ccc(Cl)c2c1OCCO2)C1CC1. The molecule has 1 aromatic rings. The average molecular weight is 283 g/mol. The first-order valence-corrected chi connectivity index (χ1v) is 6.84. The van der Waals surface area contributed by atoms with Crippen LogP contribution >= 0.6 is 11.6 Å². The molecule has 0 spiro atoms. The zero-order chi connectivity index (χ0) is 13.4. The molecule has 0 radical (unpaired) electrons. The summed E-state index contributed by atoms with van der Waals surface area (Å²) in [6, 6.07) is 3.64. The topological polar surface area (TPSA) is 55.8 Å². The second-order valence-corrected chi connectivity index (χ2v) is 5.44. The number of carboxylic acids is 1. The van der Waals surface area contributed by atoms with Gasteiger partial charge < -0.3 is 14.6 Å². The highest BCUT2D eigenvalue weighted by Crippen LogP contribution is 2.51. The summed E-state index contributed by atoms with van der Waals surface area (Å²) >= 11 is 6.10. The Hall–Kier alpha value is -1.42. The van der Waals surface area contributed by atoms with Gasteiger partial charge in [-0.25, -0.2) is 0 Å². The Kier molecular flexibility index (Phi) is 3.27. The van der Waals surface area contributed by atoms with Gasteiger partial charge in [-0.3, -0.25) is 4.79 Å². The number of ether oxygens (including phenoxy) is 2. The summed E-state index contributed by atoms with van der Waals surface area (Å²) in [4.78, 5) is 11.1. The molecule has 0 aromatic heterocycles. The molecule has 1 unspecified atom stereocenters. The molecule has 3 rings (SSSR count). The molecule has 0 amide bonds. The van der Waals surface area contributed by atoms with Gasteiger partial charge in [0.15, 0.2) is 11.5 Å². The van der Waals surface area contributed by atoms with Crippen LogP contribution in [-0.2, 0) is 4.79 Å². The number of hydrogen-bond acceptors (Lipinski definition) is 3. The Morgan fingerprint density at radius 2 is 2.00 bits per heavy atom. The van der Waals surface area contributed by atoms with E-state index in [1.807, 2.05) is 6.07 Å². The van der Waals surface area contributed by atoms with Crippen LogP contribution in [0.1, 0.15) is 30.7 Å². The van der Waals surface area contributed by atoms with Crippen LogP contribution in [0.4, 0.5) is 0 Å². The van der Waals surface area contributed by atoms with E-state index in [1.165, 1.54) is 0 Å². The van der Waals surface area contributed by atoms with Crippen molar-refractivity contribution in [1.29, 1.82) is 0 Å². The third-order valence-corrected chi connectivity index (χ3v) is 3.95. The highest BCUT2D eigenvalue weighted by atomic mass is 35.5. The Morgan fingerprint density at radius 3 is 2.63 bits per heavy atom. The number of fused-ring (bicyclic) bond motifs is 1. The highest BCUT2D eigenvalue weighted by molar-refractivity contribution is 6.32. The van der Waals surface area contributed by atoms with Crippen LogP contribution < -0.4 is 9.47 Å². The van der Waals surface area contributed by atoms with Gasteiger partial charge in [-0.15, -0.1) is 0 Å². The average Bonchev–Trinajstić information content (AvgIpc) is 3.21. The second-order valence-electron chi connectivity index (χ2n) is 5.03. The smallest absolute Gasteiger partial charge is 0.303 e. The van der Waals surface area contributed by atoms with Gasteiger partial charge >= 0.3 is 5.97 Å². The molecule has 1 fully saturated rings. The minimum absolute atomic E-state index is 0.00906. The summed E-state index contributed by atoms with van der Waals surface area (Å²) in [5.41, 5.74) is 0.920. The summed E-state index contributed by atoms with van der Waals surface area (Å²) < 4.78 is 11.2. The molecule has 1 saturated carbocycles. The number of rotatable bonds is 4. The van der Waals surface area contributed by atoms with E-state index in [4.69, 9.17) is 26.2 Å². The molecule has 5 heteroatoms. The van der Waals surface area contributed by atoms with Crippen LogP contribution in [0, 0.1) is 5.92 Å². The molecule has 0 saturated heterocycles. The van der Waals surface area contributed by atoms with Crippen LogP contribution in [0.15, 0.2) is 12.1 Å². The minimum Gasteiger partial charge on any atom is -0.486 e. The van der Waals surface area contributed by atoms with Gasteiger partial charge in [-0.1, -0.05) is 17.7 Å². The lowest BCUT2D eigenvalue weighted by molar-refractivity contribution is -0.137. The van der Waals surface area contributed by atoms with Crippen LogP contribution in [0.25, 0.3) is 0 Å². The number of halogens is 1. The Balaban J connectivity index is 2.00. The molecule has 0 bridgehead atoms. The van der Waals surface area contributed by atoms with Gasteiger partial charge in [0, 0.05) is 11.5 Å². The van der Waals surface area contributed by atoms with Crippen LogP contribution in [-0.4, -0.2) is 24.3 Å². The monoisotopic (exact) mass is 282 g/mol.